The fraction of sp³-hybridized carbons (Fsp3) is 0.154. The molecule has 3 aromatic heterocycles. The highest BCUT2D eigenvalue weighted by molar-refractivity contribution is 5.85. The first-order valence-corrected chi connectivity index (χ1v) is 6.06. The van der Waals surface area contributed by atoms with Crippen LogP contribution in [0.15, 0.2) is 16.8 Å². The van der Waals surface area contributed by atoms with Gasteiger partial charge in [-0.2, -0.15) is 5.26 Å². The van der Waals surface area contributed by atoms with Crippen LogP contribution < -0.4 is 5.73 Å². The molecule has 0 aliphatic carbocycles. The van der Waals surface area contributed by atoms with E-state index >= 15 is 0 Å². The molecule has 8 heteroatoms. The maximum absolute atomic E-state index is 9.47. The van der Waals surface area contributed by atoms with E-state index in [-0.39, 0.29) is 11.4 Å². The maximum atomic E-state index is 9.47. The summed E-state index contributed by atoms with van der Waals surface area (Å²) < 4.78 is 4.62. The van der Waals surface area contributed by atoms with Gasteiger partial charge in [0.25, 0.3) is 0 Å². The Labute approximate surface area is 118 Å². The minimum Gasteiger partial charge on any atom is -0.505 e. The standard InChI is InChI=1S/C13H10N6O2/c1-6-8(11(15)12-13(16-6)19-21-18-12)4-7-2-3-10(20)9(5-14)17-7/h2-3,20H,4,15H2,1H3. The minimum atomic E-state index is -0.153. The van der Waals surface area contributed by atoms with Gasteiger partial charge in [0, 0.05) is 23.4 Å². The maximum Gasteiger partial charge on any atom is 0.226 e. The molecule has 3 rings (SSSR count). The quantitative estimate of drug-likeness (QED) is 0.712. The number of nitrogens with two attached hydrogens (primary N) is 1. The monoisotopic (exact) mass is 282 g/mol. The van der Waals surface area contributed by atoms with Crippen molar-refractivity contribution in [2.45, 2.75) is 13.3 Å². The average molecular weight is 282 g/mol. The van der Waals surface area contributed by atoms with Crippen molar-refractivity contribution < 1.29 is 9.74 Å². The van der Waals surface area contributed by atoms with Crippen molar-refractivity contribution in [1.82, 2.24) is 20.3 Å². The minimum absolute atomic E-state index is 0.0270. The summed E-state index contributed by atoms with van der Waals surface area (Å²) >= 11 is 0. The molecule has 21 heavy (non-hydrogen) atoms. The Balaban J connectivity index is 2.08. The molecular formula is C13H10N6O2. The summed E-state index contributed by atoms with van der Waals surface area (Å²) in [6.07, 6.45) is 0.364. The van der Waals surface area contributed by atoms with Gasteiger partial charge in [-0.3, -0.25) is 0 Å². The van der Waals surface area contributed by atoms with Crippen molar-refractivity contribution in [3.05, 3.63) is 34.8 Å². The number of hydrogen-bond acceptors (Lipinski definition) is 8. The third-order valence-electron chi connectivity index (χ3n) is 3.16. The van der Waals surface area contributed by atoms with Crippen molar-refractivity contribution in [1.29, 1.82) is 5.26 Å². The third kappa shape index (κ3) is 2.10. The highest BCUT2D eigenvalue weighted by atomic mass is 16.6. The van der Waals surface area contributed by atoms with Crippen LogP contribution in [0.2, 0.25) is 0 Å². The molecular weight excluding hydrogens is 272 g/mol. The topological polar surface area (TPSA) is 135 Å². The van der Waals surface area contributed by atoms with Gasteiger partial charge in [-0.15, -0.1) is 0 Å². The third-order valence-corrected chi connectivity index (χ3v) is 3.16. The molecule has 0 aliphatic heterocycles. The van der Waals surface area contributed by atoms with Crippen LogP contribution in [0.5, 0.6) is 5.75 Å². The molecule has 3 heterocycles. The van der Waals surface area contributed by atoms with Crippen molar-refractivity contribution in [2.24, 2.45) is 0 Å². The van der Waals surface area contributed by atoms with E-state index in [0.717, 1.165) is 5.56 Å². The van der Waals surface area contributed by atoms with Gasteiger partial charge in [-0.1, -0.05) is 0 Å². The second kappa shape index (κ2) is 4.72. The van der Waals surface area contributed by atoms with E-state index in [4.69, 9.17) is 11.0 Å². The van der Waals surface area contributed by atoms with Gasteiger partial charge in [0.2, 0.25) is 5.65 Å². The molecule has 0 fully saturated rings. The van der Waals surface area contributed by atoms with Crippen LogP contribution in [0.4, 0.5) is 5.69 Å². The molecule has 3 N–H and O–H groups in total. The van der Waals surface area contributed by atoms with Gasteiger partial charge in [0.05, 0.1) is 5.69 Å². The first-order valence-electron chi connectivity index (χ1n) is 6.06. The predicted molar refractivity (Wildman–Crippen MR) is 72.2 cm³/mol. The van der Waals surface area contributed by atoms with Crippen LogP contribution in [0.3, 0.4) is 0 Å². The fourth-order valence-corrected chi connectivity index (χ4v) is 2.07. The van der Waals surface area contributed by atoms with E-state index in [1.807, 2.05) is 6.07 Å². The van der Waals surface area contributed by atoms with Crippen molar-refractivity contribution in [3.63, 3.8) is 0 Å². The summed E-state index contributed by atoms with van der Waals surface area (Å²) in [6, 6.07) is 4.88. The lowest BCUT2D eigenvalue weighted by Crippen LogP contribution is -2.04. The number of aromatic hydroxyl groups is 1. The number of nitrogens with zero attached hydrogens (tertiary/aromatic N) is 5. The van der Waals surface area contributed by atoms with Crippen LogP contribution in [-0.2, 0) is 6.42 Å². The number of pyridine rings is 2. The lowest BCUT2D eigenvalue weighted by molar-refractivity contribution is 0.315. The molecule has 0 aliphatic rings. The van der Waals surface area contributed by atoms with Crippen molar-refractivity contribution in [3.8, 4) is 11.8 Å². The average Bonchev–Trinajstić information content (AvgIpc) is 2.93. The van der Waals surface area contributed by atoms with Crippen molar-refractivity contribution >= 4 is 16.9 Å². The van der Waals surface area contributed by atoms with E-state index in [0.29, 0.717) is 34.7 Å². The number of nitrogen functional groups attached to an aromatic ring is 1. The number of aromatic nitrogens is 4. The molecule has 3 aromatic rings. The zero-order valence-corrected chi connectivity index (χ0v) is 11.0. The van der Waals surface area contributed by atoms with Crippen LogP contribution in [0.25, 0.3) is 11.2 Å². The molecule has 0 spiro atoms. The Kier molecular flexibility index (Phi) is 2.88. The van der Waals surface area contributed by atoms with E-state index in [1.54, 1.807) is 13.0 Å². The lowest BCUT2D eigenvalue weighted by Gasteiger charge is -2.08. The van der Waals surface area contributed by atoms with Crippen LogP contribution >= 0.6 is 0 Å². The first-order chi connectivity index (χ1) is 10.1. The largest absolute Gasteiger partial charge is 0.505 e. The summed E-state index contributed by atoms with van der Waals surface area (Å²) in [5.41, 5.74) is 9.23. The Hall–Kier alpha value is -3.21. The summed E-state index contributed by atoms with van der Waals surface area (Å²) in [6.45, 7) is 1.80. The predicted octanol–water partition coefficient (Wildman–Crippen LogP) is 1.07. The van der Waals surface area contributed by atoms with Crippen LogP contribution in [-0.4, -0.2) is 25.4 Å². The summed E-state index contributed by atoms with van der Waals surface area (Å²) in [4.78, 5) is 8.35. The molecule has 0 bridgehead atoms. The number of fused-ring (bicyclic) bond motifs is 1. The fourth-order valence-electron chi connectivity index (χ4n) is 2.07. The van der Waals surface area contributed by atoms with Gasteiger partial charge < -0.3 is 10.8 Å². The Morgan fingerprint density at radius 3 is 2.90 bits per heavy atom. The van der Waals surface area contributed by atoms with Gasteiger partial charge in [0.1, 0.15) is 6.07 Å². The molecule has 0 saturated heterocycles. The summed E-state index contributed by atoms with van der Waals surface area (Å²) in [7, 11) is 0. The van der Waals surface area contributed by atoms with E-state index < -0.39 is 0 Å². The smallest absolute Gasteiger partial charge is 0.226 e. The van der Waals surface area contributed by atoms with Crippen LogP contribution in [0, 0.1) is 18.3 Å². The molecule has 0 amide bonds. The zero-order valence-electron chi connectivity index (χ0n) is 11.0. The van der Waals surface area contributed by atoms with E-state index in [2.05, 4.69) is 24.9 Å². The lowest BCUT2D eigenvalue weighted by atomic mass is 10.0. The molecule has 0 saturated carbocycles. The van der Waals surface area contributed by atoms with E-state index in [1.165, 1.54) is 6.07 Å². The summed E-state index contributed by atoms with van der Waals surface area (Å²) in [5, 5.41) is 25.7. The molecule has 0 unspecified atom stereocenters. The Morgan fingerprint density at radius 1 is 1.33 bits per heavy atom. The first kappa shape index (κ1) is 12.8. The molecule has 104 valence electrons. The van der Waals surface area contributed by atoms with E-state index in [9.17, 15) is 5.11 Å². The van der Waals surface area contributed by atoms with Gasteiger partial charge >= 0.3 is 0 Å². The highest BCUT2D eigenvalue weighted by Crippen LogP contribution is 2.25. The second-order valence-electron chi connectivity index (χ2n) is 4.48. The normalized spacial score (nSPS) is 10.7. The second-order valence-corrected chi connectivity index (χ2v) is 4.48. The number of rotatable bonds is 2. The van der Waals surface area contributed by atoms with Crippen LogP contribution in [0.1, 0.15) is 22.6 Å². The van der Waals surface area contributed by atoms with Gasteiger partial charge in [0.15, 0.2) is 17.0 Å². The Morgan fingerprint density at radius 2 is 2.14 bits per heavy atom. The van der Waals surface area contributed by atoms with Gasteiger partial charge in [-0.25, -0.2) is 14.6 Å². The number of aryl methyl sites for hydroxylation is 1. The molecule has 0 radical (unpaired) electrons. The number of nitriles is 1. The number of anilines is 1. The zero-order chi connectivity index (χ0) is 15.0. The number of hydrogen-bond donors (Lipinski definition) is 2. The molecule has 0 aromatic carbocycles. The SMILES string of the molecule is Cc1nc2nonc2c(N)c1Cc1ccc(O)c(C#N)n1. The Bertz CT molecular complexity index is 880. The molecule has 8 nitrogen and oxygen atoms in total. The highest BCUT2D eigenvalue weighted by Gasteiger charge is 2.15. The summed E-state index contributed by atoms with van der Waals surface area (Å²) in [5.74, 6) is -0.153. The van der Waals surface area contributed by atoms with Crippen molar-refractivity contribution in [2.75, 3.05) is 5.73 Å². The van der Waals surface area contributed by atoms with Gasteiger partial charge in [-0.05, 0) is 29.4 Å². The molecule has 0 atom stereocenters.